The second-order valence-electron chi connectivity index (χ2n) is 7.09. The van der Waals surface area contributed by atoms with Gasteiger partial charge in [0.1, 0.15) is 11.6 Å². The highest BCUT2D eigenvalue weighted by Gasteiger charge is 2.41. The third-order valence-electron chi connectivity index (χ3n) is 5.09. The fourth-order valence-corrected chi connectivity index (χ4v) is 5.05. The van der Waals surface area contributed by atoms with Crippen LogP contribution >= 0.6 is 0 Å². The normalized spacial score (nSPS) is 23.2. The fourth-order valence-electron chi connectivity index (χ4n) is 3.55. The standard InChI is InChI=1S/C17H18F2N4O4S/c18-13-7-11(15-9-12(27-21-15)10-23-4-3-20-22-23)8-14(19)16(13)17(24)1-5-28(25,26)6-2-17/h3-4,7-8,12,24H,1-2,5-6,9-10H2/t12-/m1/s1. The summed E-state index contributed by atoms with van der Waals surface area (Å²) in [5.41, 5.74) is -1.74. The van der Waals surface area contributed by atoms with Gasteiger partial charge in [0.05, 0.1) is 41.1 Å². The van der Waals surface area contributed by atoms with Gasteiger partial charge in [-0.2, -0.15) is 0 Å². The van der Waals surface area contributed by atoms with E-state index in [-0.39, 0.29) is 36.0 Å². The van der Waals surface area contributed by atoms with E-state index in [1.807, 2.05) is 0 Å². The van der Waals surface area contributed by atoms with Crippen molar-refractivity contribution in [2.45, 2.75) is 37.5 Å². The summed E-state index contributed by atoms with van der Waals surface area (Å²) in [4.78, 5) is 5.30. The minimum absolute atomic E-state index is 0.215. The molecule has 1 saturated heterocycles. The lowest BCUT2D eigenvalue weighted by Crippen LogP contribution is -2.38. The summed E-state index contributed by atoms with van der Waals surface area (Å²) in [6.07, 6.45) is 2.71. The molecular weight excluding hydrogens is 394 g/mol. The van der Waals surface area contributed by atoms with Gasteiger partial charge in [-0.15, -0.1) is 5.10 Å². The first-order valence-corrected chi connectivity index (χ1v) is 10.6. The number of rotatable bonds is 4. The van der Waals surface area contributed by atoms with Gasteiger partial charge in [-0.05, 0) is 25.0 Å². The molecule has 0 aliphatic carbocycles. The lowest BCUT2D eigenvalue weighted by atomic mass is 9.86. The van der Waals surface area contributed by atoms with Crippen molar-refractivity contribution in [3.05, 3.63) is 47.3 Å². The molecule has 3 heterocycles. The van der Waals surface area contributed by atoms with E-state index in [2.05, 4.69) is 15.5 Å². The molecule has 1 N–H and O–H groups in total. The molecule has 11 heteroatoms. The third kappa shape index (κ3) is 3.63. The van der Waals surface area contributed by atoms with Crippen molar-refractivity contribution in [2.24, 2.45) is 5.16 Å². The number of hydrogen-bond donors (Lipinski definition) is 1. The van der Waals surface area contributed by atoms with Crippen molar-refractivity contribution in [2.75, 3.05) is 11.5 Å². The summed E-state index contributed by atoms with van der Waals surface area (Å²) in [5, 5.41) is 22.1. The molecule has 28 heavy (non-hydrogen) atoms. The molecule has 0 bridgehead atoms. The lowest BCUT2D eigenvalue weighted by molar-refractivity contribution is 0.0191. The first-order chi connectivity index (χ1) is 13.3. The molecule has 8 nitrogen and oxygen atoms in total. The van der Waals surface area contributed by atoms with Gasteiger partial charge in [-0.3, -0.25) is 0 Å². The van der Waals surface area contributed by atoms with E-state index in [1.54, 1.807) is 10.9 Å². The number of aliphatic hydroxyl groups is 1. The monoisotopic (exact) mass is 412 g/mol. The van der Waals surface area contributed by atoms with Crippen molar-refractivity contribution >= 4 is 15.5 Å². The summed E-state index contributed by atoms with van der Waals surface area (Å²) in [7, 11) is -3.29. The summed E-state index contributed by atoms with van der Waals surface area (Å²) in [5.74, 6) is -2.48. The molecule has 1 aromatic carbocycles. The molecule has 1 aromatic heterocycles. The van der Waals surface area contributed by atoms with Gasteiger partial charge in [0, 0.05) is 18.2 Å². The summed E-state index contributed by atoms with van der Waals surface area (Å²) < 4.78 is 54.2. The first kappa shape index (κ1) is 18.9. The van der Waals surface area contributed by atoms with Crippen molar-refractivity contribution in [1.82, 2.24) is 15.0 Å². The SMILES string of the molecule is O=S1(=O)CCC(O)(c2c(F)cc(C3=NO[C@@H](Cn4ccnn4)C3)cc2F)CC1. The van der Waals surface area contributed by atoms with Gasteiger partial charge in [0.2, 0.25) is 0 Å². The molecule has 1 fully saturated rings. The Morgan fingerprint density at radius 2 is 1.93 bits per heavy atom. The Balaban J connectivity index is 1.53. The summed E-state index contributed by atoms with van der Waals surface area (Å²) >= 11 is 0. The Morgan fingerprint density at radius 3 is 2.54 bits per heavy atom. The molecule has 0 spiro atoms. The van der Waals surface area contributed by atoms with Crippen LogP contribution in [0.2, 0.25) is 0 Å². The molecule has 2 aliphatic rings. The van der Waals surface area contributed by atoms with Crippen LogP contribution < -0.4 is 0 Å². The molecule has 0 radical (unpaired) electrons. The van der Waals surface area contributed by atoms with Crippen LogP contribution in [0.25, 0.3) is 0 Å². The molecule has 4 rings (SSSR count). The van der Waals surface area contributed by atoms with Crippen LogP contribution in [-0.2, 0) is 26.8 Å². The van der Waals surface area contributed by atoms with Crippen molar-refractivity contribution in [1.29, 1.82) is 0 Å². The molecule has 0 amide bonds. The predicted octanol–water partition coefficient (Wildman–Crippen LogP) is 1.15. The van der Waals surface area contributed by atoms with Crippen molar-refractivity contribution in [3.8, 4) is 0 Å². The Bertz CT molecular complexity index is 987. The smallest absolute Gasteiger partial charge is 0.152 e. The highest BCUT2D eigenvalue weighted by molar-refractivity contribution is 7.91. The molecule has 0 saturated carbocycles. The second kappa shape index (κ2) is 6.89. The van der Waals surface area contributed by atoms with Gasteiger partial charge in [0.15, 0.2) is 15.9 Å². The quantitative estimate of drug-likeness (QED) is 0.807. The van der Waals surface area contributed by atoms with Gasteiger partial charge >= 0.3 is 0 Å². The zero-order chi connectivity index (χ0) is 19.9. The molecule has 0 unspecified atom stereocenters. The number of halogens is 2. The molecular formula is C17H18F2N4O4S. The van der Waals surface area contributed by atoms with Crippen LogP contribution in [0.1, 0.15) is 30.4 Å². The maximum atomic E-state index is 14.7. The Labute approximate surface area is 159 Å². The summed E-state index contributed by atoms with van der Waals surface area (Å²) in [6, 6.07) is 2.19. The lowest BCUT2D eigenvalue weighted by Gasteiger charge is -2.33. The predicted molar refractivity (Wildman–Crippen MR) is 94.2 cm³/mol. The Kier molecular flexibility index (Phi) is 4.66. The maximum Gasteiger partial charge on any atom is 0.152 e. The molecule has 2 aromatic rings. The topological polar surface area (TPSA) is 107 Å². The van der Waals surface area contributed by atoms with Gasteiger partial charge in [0.25, 0.3) is 0 Å². The number of oxime groups is 1. The number of sulfone groups is 1. The van der Waals surface area contributed by atoms with Gasteiger partial charge in [-0.1, -0.05) is 10.4 Å². The van der Waals surface area contributed by atoms with E-state index in [9.17, 15) is 22.3 Å². The number of hydrogen-bond acceptors (Lipinski definition) is 7. The number of aromatic nitrogens is 3. The molecule has 150 valence electrons. The Hall–Kier alpha value is -2.40. The first-order valence-electron chi connectivity index (χ1n) is 8.75. The largest absolute Gasteiger partial charge is 0.390 e. The minimum Gasteiger partial charge on any atom is -0.390 e. The number of benzene rings is 1. The zero-order valence-corrected chi connectivity index (χ0v) is 15.6. The van der Waals surface area contributed by atoms with E-state index in [1.165, 1.54) is 6.20 Å². The third-order valence-corrected chi connectivity index (χ3v) is 6.74. The van der Waals surface area contributed by atoms with Crippen molar-refractivity contribution < 1.29 is 27.1 Å². The van der Waals surface area contributed by atoms with E-state index in [0.717, 1.165) is 12.1 Å². The highest BCUT2D eigenvalue weighted by Crippen LogP contribution is 2.37. The zero-order valence-electron chi connectivity index (χ0n) is 14.8. The van der Waals surface area contributed by atoms with E-state index in [4.69, 9.17) is 4.84 Å². The molecule has 1 atom stereocenters. The maximum absolute atomic E-state index is 14.7. The number of nitrogens with zero attached hydrogens (tertiary/aromatic N) is 4. The van der Waals surface area contributed by atoms with Crippen LogP contribution in [0.4, 0.5) is 8.78 Å². The van der Waals surface area contributed by atoms with Crippen molar-refractivity contribution in [3.63, 3.8) is 0 Å². The van der Waals surface area contributed by atoms with E-state index >= 15 is 0 Å². The van der Waals surface area contributed by atoms with Gasteiger partial charge in [-0.25, -0.2) is 21.9 Å². The van der Waals surface area contributed by atoms with Crippen LogP contribution in [0.3, 0.4) is 0 Å². The summed E-state index contributed by atoms with van der Waals surface area (Å²) in [6.45, 7) is 0.393. The minimum atomic E-state index is -3.29. The second-order valence-corrected chi connectivity index (χ2v) is 9.40. The van der Waals surface area contributed by atoms with Crippen LogP contribution in [0.15, 0.2) is 29.7 Å². The molecule has 2 aliphatic heterocycles. The van der Waals surface area contributed by atoms with Crippen LogP contribution in [0, 0.1) is 11.6 Å². The highest BCUT2D eigenvalue weighted by atomic mass is 32.2. The Morgan fingerprint density at radius 1 is 1.25 bits per heavy atom. The van der Waals surface area contributed by atoms with Crippen LogP contribution in [-0.4, -0.2) is 51.8 Å². The van der Waals surface area contributed by atoms with E-state index < -0.39 is 32.6 Å². The average Bonchev–Trinajstić information content (AvgIpc) is 3.30. The fraction of sp³-hybridized carbons (Fsp3) is 0.471. The van der Waals surface area contributed by atoms with E-state index in [0.29, 0.717) is 18.7 Å². The van der Waals surface area contributed by atoms with Gasteiger partial charge < -0.3 is 9.94 Å². The van der Waals surface area contributed by atoms with Crippen LogP contribution in [0.5, 0.6) is 0 Å². The average molecular weight is 412 g/mol.